The smallest absolute Gasteiger partial charge is 0.182 e. The van der Waals surface area contributed by atoms with E-state index >= 15 is 0 Å². The number of thiazole rings is 1. The Morgan fingerprint density at radius 1 is 1.41 bits per heavy atom. The molecule has 5 heteroatoms. The van der Waals surface area contributed by atoms with Crippen LogP contribution in [0.15, 0.2) is 30.5 Å². The zero-order valence-electron chi connectivity index (χ0n) is 9.44. The first-order valence-corrected chi connectivity index (χ1v) is 7.25. The number of aromatic nitrogens is 1. The first-order chi connectivity index (χ1) is 8.29. The quantitative estimate of drug-likeness (QED) is 0.825. The molecular formula is C12H13IN2OS. The average molecular weight is 360 g/mol. The van der Waals surface area contributed by atoms with E-state index in [1.165, 1.54) is 0 Å². The number of anilines is 1. The summed E-state index contributed by atoms with van der Waals surface area (Å²) >= 11 is 3.91. The summed E-state index contributed by atoms with van der Waals surface area (Å²) in [4.78, 5) is 5.39. The molecule has 0 saturated carbocycles. The summed E-state index contributed by atoms with van der Waals surface area (Å²) in [7, 11) is 0. The fraction of sp³-hybridized carbons (Fsp3) is 0.250. The van der Waals surface area contributed by atoms with Crippen LogP contribution in [0, 0.1) is 3.57 Å². The van der Waals surface area contributed by atoms with Crippen molar-refractivity contribution in [2.45, 2.75) is 13.5 Å². The Morgan fingerprint density at radius 2 is 2.24 bits per heavy atom. The molecule has 0 amide bonds. The number of hydrogen-bond donors (Lipinski definition) is 1. The lowest BCUT2D eigenvalue weighted by Crippen LogP contribution is -1.94. The van der Waals surface area contributed by atoms with Crippen molar-refractivity contribution >= 4 is 39.1 Å². The van der Waals surface area contributed by atoms with Crippen molar-refractivity contribution in [1.82, 2.24) is 4.98 Å². The van der Waals surface area contributed by atoms with Crippen LogP contribution in [0.2, 0.25) is 0 Å². The summed E-state index contributed by atoms with van der Waals surface area (Å²) in [6, 6.07) is 8.00. The summed E-state index contributed by atoms with van der Waals surface area (Å²) < 4.78 is 6.88. The number of rotatable bonds is 5. The van der Waals surface area contributed by atoms with Crippen LogP contribution in [0.5, 0.6) is 5.75 Å². The van der Waals surface area contributed by atoms with Gasteiger partial charge in [0.2, 0.25) is 0 Å². The van der Waals surface area contributed by atoms with Crippen LogP contribution in [0.3, 0.4) is 0 Å². The first-order valence-electron chi connectivity index (χ1n) is 5.35. The highest BCUT2D eigenvalue weighted by atomic mass is 127. The van der Waals surface area contributed by atoms with Crippen molar-refractivity contribution in [2.24, 2.45) is 0 Å². The maximum absolute atomic E-state index is 5.75. The minimum absolute atomic E-state index is 0.572. The van der Waals surface area contributed by atoms with Gasteiger partial charge in [-0.3, -0.25) is 0 Å². The Hall–Kier alpha value is -0.820. The molecule has 0 aliphatic rings. The summed E-state index contributed by atoms with van der Waals surface area (Å²) in [5.74, 6) is 0.923. The highest BCUT2D eigenvalue weighted by Gasteiger charge is 2.03. The number of nitrogens with zero attached hydrogens (tertiary/aromatic N) is 1. The molecule has 0 spiro atoms. The first kappa shape index (κ1) is 12.6. The second kappa shape index (κ2) is 6.20. The Morgan fingerprint density at radius 3 is 3.00 bits per heavy atom. The van der Waals surface area contributed by atoms with E-state index in [0.717, 1.165) is 25.9 Å². The van der Waals surface area contributed by atoms with Gasteiger partial charge in [-0.1, -0.05) is 23.5 Å². The lowest BCUT2D eigenvalue weighted by molar-refractivity contribution is 0.307. The average Bonchev–Trinajstić information content (AvgIpc) is 2.76. The van der Waals surface area contributed by atoms with Crippen molar-refractivity contribution in [3.05, 3.63) is 38.9 Å². The molecule has 0 fully saturated rings. The molecule has 17 heavy (non-hydrogen) atoms. The van der Waals surface area contributed by atoms with Gasteiger partial charge in [-0.25, -0.2) is 4.98 Å². The topological polar surface area (TPSA) is 34.2 Å². The second-order valence-electron chi connectivity index (χ2n) is 3.38. The second-order valence-corrected chi connectivity index (χ2v) is 5.66. The number of benzene rings is 1. The van der Waals surface area contributed by atoms with Crippen molar-refractivity contribution < 1.29 is 4.74 Å². The molecule has 2 rings (SSSR count). The van der Waals surface area contributed by atoms with Gasteiger partial charge in [0.25, 0.3) is 0 Å². The number of para-hydroxylation sites is 1. The number of hydrogen-bond acceptors (Lipinski definition) is 4. The lowest BCUT2D eigenvalue weighted by Gasteiger charge is -2.05. The molecule has 1 aromatic heterocycles. The fourth-order valence-corrected chi connectivity index (χ4v) is 2.65. The predicted molar refractivity (Wildman–Crippen MR) is 79.8 cm³/mol. The third-order valence-electron chi connectivity index (χ3n) is 2.09. The minimum Gasteiger partial charge on any atom is -0.487 e. The predicted octanol–water partition coefficient (Wildman–Crippen LogP) is 3.76. The van der Waals surface area contributed by atoms with E-state index in [1.54, 1.807) is 11.3 Å². The molecule has 0 aliphatic carbocycles. The van der Waals surface area contributed by atoms with E-state index in [0.29, 0.717) is 6.61 Å². The highest BCUT2D eigenvalue weighted by molar-refractivity contribution is 14.1. The summed E-state index contributed by atoms with van der Waals surface area (Å²) in [6.07, 6.45) is 1.86. The van der Waals surface area contributed by atoms with Crippen LogP contribution in [0.1, 0.15) is 11.8 Å². The van der Waals surface area contributed by atoms with Gasteiger partial charge in [0.1, 0.15) is 12.4 Å². The molecule has 0 saturated heterocycles. The van der Waals surface area contributed by atoms with E-state index in [1.807, 2.05) is 30.5 Å². The van der Waals surface area contributed by atoms with Crippen molar-refractivity contribution in [2.75, 3.05) is 11.9 Å². The van der Waals surface area contributed by atoms with E-state index in [-0.39, 0.29) is 0 Å². The molecule has 0 bridgehead atoms. The standard InChI is InChI=1S/C12H13IN2OS/c1-2-14-12-15-7-9(17-12)8-16-11-6-4-3-5-10(11)13/h3-7H,2,8H2,1H3,(H,14,15). The highest BCUT2D eigenvalue weighted by Crippen LogP contribution is 2.23. The number of ether oxygens (including phenoxy) is 1. The Balaban J connectivity index is 1.95. The van der Waals surface area contributed by atoms with Gasteiger partial charge >= 0.3 is 0 Å². The molecule has 0 radical (unpaired) electrons. The molecule has 3 nitrogen and oxygen atoms in total. The van der Waals surface area contributed by atoms with Crippen LogP contribution in [-0.4, -0.2) is 11.5 Å². The molecule has 90 valence electrons. The largest absolute Gasteiger partial charge is 0.487 e. The third-order valence-corrected chi connectivity index (χ3v) is 3.91. The van der Waals surface area contributed by atoms with Crippen molar-refractivity contribution in [3.63, 3.8) is 0 Å². The zero-order chi connectivity index (χ0) is 12.1. The van der Waals surface area contributed by atoms with Crippen LogP contribution in [-0.2, 0) is 6.61 Å². The van der Waals surface area contributed by atoms with E-state index < -0.39 is 0 Å². The van der Waals surface area contributed by atoms with Gasteiger partial charge < -0.3 is 10.1 Å². The van der Waals surface area contributed by atoms with E-state index in [9.17, 15) is 0 Å². The Labute approximate surface area is 118 Å². The summed E-state index contributed by atoms with van der Waals surface area (Å²) in [5, 5.41) is 4.14. The molecule has 0 unspecified atom stereocenters. The maximum Gasteiger partial charge on any atom is 0.182 e. The van der Waals surface area contributed by atoms with E-state index in [2.05, 4.69) is 39.8 Å². The van der Waals surface area contributed by atoms with Gasteiger partial charge in [0.05, 0.1) is 8.45 Å². The van der Waals surface area contributed by atoms with E-state index in [4.69, 9.17) is 4.74 Å². The number of nitrogens with one attached hydrogen (secondary N) is 1. The molecule has 1 aromatic carbocycles. The molecule has 2 aromatic rings. The molecule has 0 aliphatic heterocycles. The Kier molecular flexibility index (Phi) is 4.61. The SMILES string of the molecule is CCNc1ncc(COc2ccccc2I)s1. The maximum atomic E-state index is 5.75. The number of halogens is 1. The van der Waals surface area contributed by atoms with Gasteiger partial charge in [-0.05, 0) is 41.6 Å². The molecule has 1 heterocycles. The fourth-order valence-electron chi connectivity index (χ4n) is 1.32. The summed E-state index contributed by atoms with van der Waals surface area (Å²) in [6.45, 7) is 3.53. The van der Waals surface area contributed by atoms with Crippen molar-refractivity contribution in [1.29, 1.82) is 0 Å². The van der Waals surface area contributed by atoms with Crippen LogP contribution < -0.4 is 10.1 Å². The van der Waals surface area contributed by atoms with Gasteiger partial charge in [0, 0.05) is 12.7 Å². The summed E-state index contributed by atoms with van der Waals surface area (Å²) in [5.41, 5.74) is 0. The van der Waals surface area contributed by atoms with Gasteiger partial charge in [-0.15, -0.1) is 0 Å². The van der Waals surface area contributed by atoms with Crippen molar-refractivity contribution in [3.8, 4) is 5.75 Å². The molecular weight excluding hydrogens is 347 g/mol. The molecule has 0 atom stereocenters. The van der Waals surface area contributed by atoms with Gasteiger partial charge in [-0.2, -0.15) is 0 Å². The zero-order valence-corrected chi connectivity index (χ0v) is 12.4. The van der Waals surface area contributed by atoms with Crippen LogP contribution in [0.25, 0.3) is 0 Å². The Bertz CT molecular complexity index is 487. The normalized spacial score (nSPS) is 10.2. The lowest BCUT2D eigenvalue weighted by atomic mass is 10.3. The van der Waals surface area contributed by atoms with Crippen LogP contribution in [0.4, 0.5) is 5.13 Å². The van der Waals surface area contributed by atoms with Crippen LogP contribution >= 0.6 is 33.9 Å². The minimum atomic E-state index is 0.572. The van der Waals surface area contributed by atoms with Gasteiger partial charge in [0.15, 0.2) is 5.13 Å². The monoisotopic (exact) mass is 360 g/mol. The molecule has 1 N–H and O–H groups in total. The third kappa shape index (κ3) is 3.57.